The molecule has 1 heteroatoms. The van der Waals surface area contributed by atoms with E-state index in [1.807, 2.05) is 0 Å². The Morgan fingerprint density at radius 1 is 0.429 bits per heavy atom. The summed E-state index contributed by atoms with van der Waals surface area (Å²) in [4.78, 5) is 0. The zero-order valence-corrected chi connectivity index (χ0v) is 16.8. The van der Waals surface area contributed by atoms with Gasteiger partial charge >= 0.3 is 103 Å². The van der Waals surface area contributed by atoms with Crippen LogP contribution in [0.5, 0.6) is 0 Å². The van der Waals surface area contributed by atoms with E-state index in [1.54, 1.807) is 0 Å². The first kappa shape index (κ1) is 21.5. The van der Waals surface area contributed by atoms with Gasteiger partial charge in [-0.1, -0.05) is 39.0 Å². The normalized spacial score (nSPS) is 11.1. The third-order valence-corrected chi connectivity index (χ3v) is 6.41. The molecule has 0 saturated heterocycles. The van der Waals surface area contributed by atoms with Gasteiger partial charge in [0.05, 0.1) is 0 Å². The Labute approximate surface area is 142 Å². The standard InChI is InChI=1S/C20H42Se/c1-3-5-6-7-8-9-10-11-12-13-14-15-16-17-18-19-20-21-4-2/h3-20H2,1-2H3. The van der Waals surface area contributed by atoms with E-state index in [2.05, 4.69) is 13.8 Å². The monoisotopic (exact) mass is 362 g/mol. The topological polar surface area (TPSA) is 0 Å². The van der Waals surface area contributed by atoms with Gasteiger partial charge in [-0.25, -0.2) is 0 Å². The summed E-state index contributed by atoms with van der Waals surface area (Å²) in [6.45, 7) is 4.62. The van der Waals surface area contributed by atoms with Crippen molar-refractivity contribution in [2.75, 3.05) is 0 Å². The maximum absolute atomic E-state index is 2.33. The Balaban J connectivity index is 2.90. The number of rotatable bonds is 18. The molecule has 0 unspecified atom stereocenters. The van der Waals surface area contributed by atoms with Crippen LogP contribution >= 0.6 is 0 Å². The molecule has 0 heterocycles. The summed E-state index contributed by atoms with van der Waals surface area (Å²) in [6, 6.07) is 0. The summed E-state index contributed by atoms with van der Waals surface area (Å²) >= 11 is 0.954. The van der Waals surface area contributed by atoms with Crippen LogP contribution in [0.3, 0.4) is 0 Å². The molecule has 0 aromatic heterocycles. The molecule has 0 aliphatic rings. The van der Waals surface area contributed by atoms with E-state index in [1.165, 1.54) is 113 Å². The van der Waals surface area contributed by atoms with Crippen molar-refractivity contribution in [3.63, 3.8) is 0 Å². The summed E-state index contributed by atoms with van der Waals surface area (Å²) in [5.41, 5.74) is 0. The van der Waals surface area contributed by atoms with Crippen molar-refractivity contribution >= 4 is 15.0 Å². The van der Waals surface area contributed by atoms with Gasteiger partial charge in [0.15, 0.2) is 0 Å². The van der Waals surface area contributed by atoms with Crippen molar-refractivity contribution in [3.8, 4) is 0 Å². The van der Waals surface area contributed by atoms with Gasteiger partial charge in [0, 0.05) is 0 Å². The molecule has 0 aromatic rings. The Morgan fingerprint density at radius 3 is 1.10 bits per heavy atom. The fourth-order valence-corrected chi connectivity index (χ4v) is 4.36. The molecule has 0 nitrogen and oxygen atoms in total. The second kappa shape index (κ2) is 20.5. The first-order chi connectivity index (χ1) is 10.4. The summed E-state index contributed by atoms with van der Waals surface area (Å²) in [6.07, 6.45) is 23.7. The predicted molar refractivity (Wildman–Crippen MR) is 101 cm³/mol. The van der Waals surface area contributed by atoms with Gasteiger partial charge in [-0.05, 0) is 0 Å². The van der Waals surface area contributed by atoms with Crippen LogP contribution in [0.4, 0.5) is 0 Å². The van der Waals surface area contributed by atoms with Gasteiger partial charge in [-0.2, -0.15) is 0 Å². The van der Waals surface area contributed by atoms with E-state index in [0.29, 0.717) is 0 Å². The van der Waals surface area contributed by atoms with Gasteiger partial charge in [0.25, 0.3) is 0 Å². The molecule has 128 valence electrons. The zero-order valence-electron chi connectivity index (χ0n) is 15.1. The molecule has 0 spiro atoms. The van der Waals surface area contributed by atoms with Crippen molar-refractivity contribution in [2.24, 2.45) is 0 Å². The van der Waals surface area contributed by atoms with Crippen molar-refractivity contribution in [3.05, 3.63) is 0 Å². The van der Waals surface area contributed by atoms with Gasteiger partial charge in [0.2, 0.25) is 0 Å². The van der Waals surface area contributed by atoms with E-state index in [0.717, 1.165) is 15.0 Å². The van der Waals surface area contributed by atoms with Crippen LogP contribution in [-0.4, -0.2) is 15.0 Å². The number of hydrogen-bond donors (Lipinski definition) is 0. The first-order valence-corrected chi connectivity index (χ1v) is 12.4. The van der Waals surface area contributed by atoms with Crippen molar-refractivity contribution in [1.29, 1.82) is 0 Å². The SMILES string of the molecule is CCCCCCCCCCCCCCCCCC[Se]CC. The quantitative estimate of drug-likeness (QED) is 0.172. The molecule has 0 fully saturated rings. The average Bonchev–Trinajstić information content (AvgIpc) is 2.50. The maximum atomic E-state index is 2.33. The Morgan fingerprint density at radius 2 is 0.762 bits per heavy atom. The van der Waals surface area contributed by atoms with Crippen LogP contribution in [-0.2, 0) is 0 Å². The minimum absolute atomic E-state index is 0.954. The molecule has 0 N–H and O–H groups in total. The molecule has 0 aliphatic heterocycles. The van der Waals surface area contributed by atoms with E-state index < -0.39 is 0 Å². The molecule has 21 heavy (non-hydrogen) atoms. The van der Waals surface area contributed by atoms with Crippen molar-refractivity contribution in [1.82, 2.24) is 0 Å². The second-order valence-corrected chi connectivity index (χ2v) is 9.42. The third kappa shape index (κ3) is 20.5. The molecule has 0 aliphatic carbocycles. The fraction of sp³-hybridized carbons (Fsp3) is 1.00. The Hall–Kier alpha value is 0.519. The Bertz CT molecular complexity index is 149. The summed E-state index contributed by atoms with van der Waals surface area (Å²) in [7, 11) is 0. The molecular weight excluding hydrogens is 319 g/mol. The van der Waals surface area contributed by atoms with Gasteiger partial charge < -0.3 is 0 Å². The summed E-state index contributed by atoms with van der Waals surface area (Å²) in [5.74, 6) is 0. The second-order valence-electron chi connectivity index (χ2n) is 6.50. The molecule has 0 saturated carbocycles. The number of hydrogen-bond acceptors (Lipinski definition) is 0. The molecule has 0 radical (unpaired) electrons. The van der Waals surface area contributed by atoms with Crippen molar-refractivity contribution in [2.45, 2.75) is 127 Å². The fourth-order valence-electron chi connectivity index (χ4n) is 2.90. The molecule has 0 bridgehead atoms. The van der Waals surface area contributed by atoms with Crippen LogP contribution in [0.1, 0.15) is 117 Å². The van der Waals surface area contributed by atoms with Crippen LogP contribution in [0.25, 0.3) is 0 Å². The van der Waals surface area contributed by atoms with Gasteiger partial charge in [0.1, 0.15) is 0 Å². The third-order valence-electron chi connectivity index (χ3n) is 4.35. The van der Waals surface area contributed by atoms with Crippen LogP contribution in [0.15, 0.2) is 0 Å². The Kier molecular flexibility index (Phi) is 21.0. The molecule has 0 atom stereocenters. The van der Waals surface area contributed by atoms with Crippen molar-refractivity contribution < 1.29 is 0 Å². The van der Waals surface area contributed by atoms with E-state index in [4.69, 9.17) is 0 Å². The van der Waals surface area contributed by atoms with Gasteiger partial charge in [-0.15, -0.1) is 0 Å². The first-order valence-electron chi connectivity index (χ1n) is 9.99. The average molecular weight is 362 g/mol. The minimum atomic E-state index is 0.954. The zero-order chi connectivity index (χ0) is 15.4. The van der Waals surface area contributed by atoms with Crippen LogP contribution in [0, 0.1) is 0 Å². The predicted octanol–water partition coefficient (Wildman–Crippen LogP) is 7.81. The molecule has 0 amide bonds. The van der Waals surface area contributed by atoms with Gasteiger partial charge in [-0.3, -0.25) is 0 Å². The molecule has 0 aromatic carbocycles. The number of unbranched alkanes of at least 4 members (excludes halogenated alkanes) is 15. The summed E-state index contributed by atoms with van der Waals surface area (Å²) < 4.78 is 0. The summed E-state index contributed by atoms with van der Waals surface area (Å²) in [5, 5.41) is 2.97. The van der Waals surface area contributed by atoms with Crippen LogP contribution in [0.2, 0.25) is 10.6 Å². The molecule has 0 rings (SSSR count). The van der Waals surface area contributed by atoms with E-state index in [9.17, 15) is 0 Å². The van der Waals surface area contributed by atoms with E-state index >= 15 is 0 Å². The van der Waals surface area contributed by atoms with Crippen LogP contribution < -0.4 is 0 Å². The van der Waals surface area contributed by atoms with E-state index in [-0.39, 0.29) is 0 Å². The molecular formula is C20H42Se.